The third-order valence-electron chi connectivity index (χ3n) is 1.78. The highest BCUT2D eigenvalue weighted by atomic mass is 19.1. The molecule has 0 aromatic carbocycles. The van der Waals surface area contributed by atoms with E-state index in [0.717, 1.165) is 0 Å². The van der Waals surface area contributed by atoms with Crippen LogP contribution in [0.5, 0.6) is 0 Å². The van der Waals surface area contributed by atoms with Gasteiger partial charge >= 0.3 is 5.97 Å². The first kappa shape index (κ1) is 13.6. The van der Waals surface area contributed by atoms with Crippen LogP contribution in [0, 0.1) is 5.92 Å². The Morgan fingerprint density at radius 1 is 1.67 bits per heavy atom. The Kier molecular flexibility index (Phi) is 6.33. The molecular weight excluding hydrogens is 199 g/mol. The number of carbonyl (C=O) groups is 1. The first-order valence-corrected chi connectivity index (χ1v) is 4.77. The Hall–Kier alpha value is -1.39. The van der Waals surface area contributed by atoms with Gasteiger partial charge in [0.25, 0.3) is 0 Å². The van der Waals surface area contributed by atoms with Crippen LogP contribution in [0.15, 0.2) is 16.9 Å². The number of carboxylic acid groups (broad SMARTS) is 1. The van der Waals surface area contributed by atoms with Gasteiger partial charge in [-0.3, -0.25) is 9.79 Å². The molecule has 0 bridgehead atoms. The number of carboxylic acids is 1. The van der Waals surface area contributed by atoms with Gasteiger partial charge in [0.1, 0.15) is 0 Å². The number of halogens is 1. The quantitative estimate of drug-likeness (QED) is 0.403. The van der Waals surface area contributed by atoms with E-state index in [9.17, 15) is 9.18 Å². The fraction of sp³-hybridized carbons (Fsp3) is 0.600. The van der Waals surface area contributed by atoms with E-state index in [1.165, 1.54) is 13.0 Å². The molecular formula is C10H17FN2O2. The van der Waals surface area contributed by atoms with Gasteiger partial charge in [0, 0.05) is 13.0 Å². The second kappa shape index (κ2) is 6.98. The third-order valence-corrected chi connectivity index (χ3v) is 1.78. The SMILES string of the molecule is CC(N)=NCC/C=C(\F)C[C@@H](C)C(=O)O. The lowest BCUT2D eigenvalue weighted by atomic mass is 10.1. The molecule has 0 fully saturated rings. The maximum atomic E-state index is 13.1. The molecule has 3 N–H and O–H groups in total. The third kappa shape index (κ3) is 7.66. The summed E-state index contributed by atoms with van der Waals surface area (Å²) in [5, 5.41) is 8.54. The second-order valence-corrected chi connectivity index (χ2v) is 3.41. The van der Waals surface area contributed by atoms with Gasteiger partial charge in [-0.25, -0.2) is 4.39 Å². The van der Waals surface area contributed by atoms with E-state index >= 15 is 0 Å². The molecule has 0 spiro atoms. The van der Waals surface area contributed by atoms with E-state index in [1.807, 2.05) is 0 Å². The van der Waals surface area contributed by atoms with Gasteiger partial charge in [-0.2, -0.15) is 0 Å². The second-order valence-electron chi connectivity index (χ2n) is 3.41. The normalized spacial score (nSPS) is 15.1. The molecule has 4 nitrogen and oxygen atoms in total. The van der Waals surface area contributed by atoms with E-state index in [0.29, 0.717) is 18.8 Å². The van der Waals surface area contributed by atoms with Gasteiger partial charge in [-0.1, -0.05) is 13.0 Å². The number of hydrogen-bond donors (Lipinski definition) is 2. The molecule has 15 heavy (non-hydrogen) atoms. The van der Waals surface area contributed by atoms with Gasteiger partial charge in [-0.15, -0.1) is 0 Å². The summed E-state index contributed by atoms with van der Waals surface area (Å²) in [4.78, 5) is 14.3. The largest absolute Gasteiger partial charge is 0.481 e. The van der Waals surface area contributed by atoms with Crippen LogP contribution in [0.4, 0.5) is 4.39 Å². The number of allylic oxidation sites excluding steroid dienone is 1. The van der Waals surface area contributed by atoms with Crippen LogP contribution in [0.2, 0.25) is 0 Å². The highest BCUT2D eigenvalue weighted by molar-refractivity contribution is 5.77. The van der Waals surface area contributed by atoms with Crippen LogP contribution in [0.3, 0.4) is 0 Å². The zero-order valence-corrected chi connectivity index (χ0v) is 9.03. The smallest absolute Gasteiger partial charge is 0.306 e. The summed E-state index contributed by atoms with van der Waals surface area (Å²) in [7, 11) is 0. The van der Waals surface area contributed by atoms with E-state index in [1.54, 1.807) is 6.92 Å². The number of rotatable bonds is 6. The van der Waals surface area contributed by atoms with Gasteiger partial charge in [-0.05, 0) is 13.3 Å². The minimum absolute atomic E-state index is 0.0688. The van der Waals surface area contributed by atoms with Crippen molar-refractivity contribution in [3.8, 4) is 0 Å². The minimum Gasteiger partial charge on any atom is -0.481 e. The number of aliphatic imine (C=N–C) groups is 1. The summed E-state index contributed by atoms with van der Waals surface area (Å²) in [6, 6.07) is 0. The molecule has 0 radical (unpaired) electrons. The number of nitrogens with zero attached hydrogens (tertiary/aromatic N) is 1. The van der Waals surface area contributed by atoms with E-state index < -0.39 is 17.7 Å². The molecule has 5 heteroatoms. The predicted molar refractivity (Wildman–Crippen MR) is 57.4 cm³/mol. The average Bonchev–Trinajstić information content (AvgIpc) is 2.12. The fourth-order valence-corrected chi connectivity index (χ4v) is 0.925. The summed E-state index contributed by atoms with van der Waals surface area (Å²) in [5.41, 5.74) is 5.29. The number of nitrogens with two attached hydrogens (primary N) is 1. The molecule has 0 saturated heterocycles. The molecule has 0 aliphatic heterocycles. The standard InChI is InChI=1S/C10H17FN2O2/c1-7(10(14)15)6-9(11)4-3-5-13-8(2)12/h4,7H,3,5-6H2,1-2H3,(H2,12,13)(H,14,15)/b9-4-/t7-/m1/s1. The lowest BCUT2D eigenvalue weighted by Gasteiger charge is -2.02. The maximum Gasteiger partial charge on any atom is 0.306 e. The summed E-state index contributed by atoms with van der Waals surface area (Å²) >= 11 is 0. The Bertz CT molecular complexity index is 271. The molecule has 0 aliphatic rings. The Labute approximate surface area is 88.7 Å². The summed E-state index contributed by atoms with van der Waals surface area (Å²) < 4.78 is 13.1. The summed E-state index contributed by atoms with van der Waals surface area (Å²) in [5.74, 6) is -1.63. The van der Waals surface area contributed by atoms with Crippen molar-refractivity contribution in [2.75, 3.05) is 6.54 Å². The van der Waals surface area contributed by atoms with Crippen molar-refractivity contribution in [2.45, 2.75) is 26.7 Å². The molecule has 1 atom stereocenters. The first-order chi connectivity index (χ1) is 6.93. The van der Waals surface area contributed by atoms with E-state index in [4.69, 9.17) is 10.8 Å². The zero-order valence-electron chi connectivity index (χ0n) is 9.03. The molecule has 86 valence electrons. The lowest BCUT2D eigenvalue weighted by molar-refractivity contribution is -0.141. The highest BCUT2D eigenvalue weighted by Gasteiger charge is 2.12. The van der Waals surface area contributed by atoms with Crippen molar-refractivity contribution in [1.82, 2.24) is 0 Å². The summed E-state index contributed by atoms with van der Waals surface area (Å²) in [6.07, 6.45) is 1.72. The molecule has 0 aliphatic carbocycles. The van der Waals surface area contributed by atoms with Crippen molar-refractivity contribution in [3.05, 3.63) is 11.9 Å². The first-order valence-electron chi connectivity index (χ1n) is 4.77. The van der Waals surface area contributed by atoms with Crippen LogP contribution in [0.25, 0.3) is 0 Å². The Balaban J connectivity index is 3.89. The molecule has 0 aromatic heterocycles. The number of aliphatic carboxylic acids is 1. The van der Waals surface area contributed by atoms with Crippen LogP contribution in [0.1, 0.15) is 26.7 Å². The molecule has 0 amide bonds. The zero-order chi connectivity index (χ0) is 11.8. The molecule has 0 heterocycles. The van der Waals surface area contributed by atoms with Gasteiger partial charge in [0.15, 0.2) is 0 Å². The van der Waals surface area contributed by atoms with Crippen molar-refractivity contribution < 1.29 is 14.3 Å². The van der Waals surface area contributed by atoms with Crippen molar-refractivity contribution in [2.24, 2.45) is 16.6 Å². The monoisotopic (exact) mass is 216 g/mol. The highest BCUT2D eigenvalue weighted by Crippen LogP contribution is 2.13. The van der Waals surface area contributed by atoms with Gasteiger partial charge in [0.2, 0.25) is 0 Å². The van der Waals surface area contributed by atoms with E-state index in [2.05, 4.69) is 4.99 Å². The van der Waals surface area contributed by atoms with Crippen molar-refractivity contribution >= 4 is 11.8 Å². The van der Waals surface area contributed by atoms with Crippen LogP contribution >= 0.6 is 0 Å². The maximum absolute atomic E-state index is 13.1. The predicted octanol–water partition coefficient (Wildman–Crippen LogP) is 1.72. The van der Waals surface area contributed by atoms with Gasteiger partial charge in [0.05, 0.1) is 17.6 Å². The van der Waals surface area contributed by atoms with Crippen LogP contribution in [-0.4, -0.2) is 23.5 Å². The number of hydrogen-bond acceptors (Lipinski definition) is 2. The van der Waals surface area contributed by atoms with Crippen molar-refractivity contribution in [3.63, 3.8) is 0 Å². The van der Waals surface area contributed by atoms with Gasteiger partial charge < -0.3 is 10.8 Å². The Morgan fingerprint density at radius 2 is 2.27 bits per heavy atom. The fourth-order valence-electron chi connectivity index (χ4n) is 0.925. The Morgan fingerprint density at radius 3 is 2.73 bits per heavy atom. The molecule has 0 unspecified atom stereocenters. The summed E-state index contributed by atoms with van der Waals surface area (Å²) in [6.45, 7) is 3.56. The van der Waals surface area contributed by atoms with Crippen molar-refractivity contribution in [1.29, 1.82) is 0 Å². The number of amidine groups is 1. The minimum atomic E-state index is -0.991. The topological polar surface area (TPSA) is 75.7 Å². The lowest BCUT2D eigenvalue weighted by Crippen LogP contribution is -2.09. The molecule has 0 saturated carbocycles. The average molecular weight is 216 g/mol. The van der Waals surface area contributed by atoms with E-state index in [-0.39, 0.29) is 6.42 Å². The van der Waals surface area contributed by atoms with Crippen LogP contribution in [-0.2, 0) is 4.79 Å². The molecule has 0 aromatic rings. The van der Waals surface area contributed by atoms with Crippen LogP contribution < -0.4 is 5.73 Å². The molecule has 0 rings (SSSR count).